The number of carbonyl (C=O) groups excluding carboxylic acids is 1. The molecule has 1 fully saturated rings. The lowest BCUT2D eigenvalue weighted by atomic mass is 10.1. The van der Waals surface area contributed by atoms with Gasteiger partial charge in [-0.2, -0.15) is 0 Å². The molecule has 0 unspecified atom stereocenters. The lowest BCUT2D eigenvalue weighted by Crippen LogP contribution is -2.18. The number of cyclic esters (lactones) is 1. The summed E-state index contributed by atoms with van der Waals surface area (Å²) in [7, 11) is 0. The molecule has 1 aliphatic heterocycles. The minimum atomic E-state index is -0.799. The van der Waals surface area contributed by atoms with Crippen molar-refractivity contribution < 1.29 is 18.3 Å². The van der Waals surface area contributed by atoms with Gasteiger partial charge in [-0.25, -0.2) is 13.6 Å². The first-order valence-electron chi connectivity index (χ1n) is 8.32. The molecule has 0 spiro atoms. The zero-order chi connectivity index (χ0) is 19.8. The lowest BCUT2D eigenvalue weighted by molar-refractivity contribution is 0.177. The highest BCUT2D eigenvalue weighted by Gasteiger charge is 2.23. The average Bonchev–Trinajstić information content (AvgIpc) is 3.17. The molecule has 1 aromatic carbocycles. The van der Waals surface area contributed by atoms with Crippen molar-refractivity contribution in [3.05, 3.63) is 95.6 Å². The van der Waals surface area contributed by atoms with Crippen molar-refractivity contribution in [3.63, 3.8) is 0 Å². The number of alkyl carbamates (subject to hydrolysis) is 1. The van der Waals surface area contributed by atoms with Gasteiger partial charge in [0.2, 0.25) is 0 Å². The van der Waals surface area contributed by atoms with Gasteiger partial charge in [0.1, 0.15) is 6.61 Å². The fourth-order valence-electron chi connectivity index (χ4n) is 2.30. The van der Waals surface area contributed by atoms with E-state index in [0.717, 1.165) is 28.8 Å². The first kappa shape index (κ1) is 19.0. The minimum absolute atomic E-state index is 0.157. The predicted octanol–water partition coefficient (Wildman–Crippen LogP) is 3.62. The van der Waals surface area contributed by atoms with Crippen LogP contribution in [0.3, 0.4) is 0 Å². The van der Waals surface area contributed by atoms with Crippen LogP contribution in [-0.4, -0.2) is 22.7 Å². The third kappa shape index (κ3) is 5.35. The number of hydrogen-bond donors (Lipinski definition) is 1. The van der Waals surface area contributed by atoms with Gasteiger partial charge in [-0.05, 0) is 35.9 Å². The number of hydrogen-bond acceptors (Lipinski definition) is 4. The Bertz CT molecular complexity index is 996. The van der Waals surface area contributed by atoms with Crippen molar-refractivity contribution in [2.75, 3.05) is 6.61 Å². The van der Waals surface area contributed by atoms with Gasteiger partial charge in [0.15, 0.2) is 11.6 Å². The quantitative estimate of drug-likeness (QED) is 0.656. The summed E-state index contributed by atoms with van der Waals surface area (Å²) in [6.45, 7) is 0.319. The van der Waals surface area contributed by atoms with Crippen LogP contribution in [0, 0.1) is 23.5 Å². The van der Waals surface area contributed by atoms with Crippen LogP contribution in [-0.2, 0) is 4.74 Å². The normalized spacial score (nSPS) is 14.6. The number of amides is 1. The Hall–Kier alpha value is -3.79. The van der Waals surface area contributed by atoms with Gasteiger partial charge in [0.05, 0.1) is 6.04 Å². The molecule has 0 saturated carbocycles. The number of aromatic nitrogens is 2. The number of halogens is 2. The number of pyridine rings is 2. The van der Waals surface area contributed by atoms with E-state index in [-0.39, 0.29) is 6.04 Å². The molecule has 2 aromatic heterocycles. The molecule has 28 heavy (non-hydrogen) atoms. The molecule has 7 heteroatoms. The van der Waals surface area contributed by atoms with Gasteiger partial charge in [-0.15, -0.1) is 0 Å². The fourth-order valence-corrected chi connectivity index (χ4v) is 2.30. The summed E-state index contributed by atoms with van der Waals surface area (Å²) in [5.74, 6) is 4.45. The van der Waals surface area contributed by atoms with Crippen LogP contribution in [0.4, 0.5) is 13.6 Å². The van der Waals surface area contributed by atoms with Crippen molar-refractivity contribution in [2.45, 2.75) is 6.04 Å². The maximum Gasteiger partial charge on any atom is 0.407 e. The Morgan fingerprint density at radius 2 is 1.68 bits per heavy atom. The zero-order valence-corrected chi connectivity index (χ0v) is 14.6. The van der Waals surface area contributed by atoms with E-state index in [1.165, 1.54) is 12.1 Å². The van der Waals surface area contributed by atoms with Crippen molar-refractivity contribution in [1.29, 1.82) is 0 Å². The molecule has 3 heterocycles. The predicted molar refractivity (Wildman–Crippen MR) is 98.0 cm³/mol. The molecular weight excluding hydrogens is 364 g/mol. The molecule has 1 saturated heterocycles. The third-order valence-corrected chi connectivity index (χ3v) is 3.67. The average molecular weight is 379 g/mol. The summed E-state index contributed by atoms with van der Waals surface area (Å²) >= 11 is 0. The van der Waals surface area contributed by atoms with Crippen molar-refractivity contribution in [1.82, 2.24) is 15.3 Å². The van der Waals surface area contributed by atoms with E-state index in [1.807, 2.05) is 18.2 Å². The van der Waals surface area contributed by atoms with Gasteiger partial charge in [-0.3, -0.25) is 9.97 Å². The number of carbonyl (C=O) groups is 1. The van der Waals surface area contributed by atoms with E-state index in [4.69, 9.17) is 4.74 Å². The molecular formula is C21H15F2N3O2. The van der Waals surface area contributed by atoms with E-state index in [1.54, 1.807) is 24.8 Å². The second-order valence-corrected chi connectivity index (χ2v) is 5.71. The molecule has 1 N–H and O–H groups in total. The summed E-state index contributed by atoms with van der Waals surface area (Å²) in [5.41, 5.74) is 2.51. The molecule has 1 amide bonds. The lowest BCUT2D eigenvalue weighted by Gasteiger charge is -2.06. The van der Waals surface area contributed by atoms with Crippen LogP contribution >= 0.6 is 0 Å². The minimum Gasteiger partial charge on any atom is -0.447 e. The molecule has 0 radical (unpaired) electrons. The van der Waals surface area contributed by atoms with Crippen molar-refractivity contribution in [3.8, 4) is 11.8 Å². The molecule has 0 aliphatic carbocycles. The molecule has 4 rings (SSSR count). The van der Waals surface area contributed by atoms with Crippen LogP contribution in [0.15, 0.2) is 67.3 Å². The Labute approximate surface area is 160 Å². The molecule has 140 valence electrons. The first-order valence-corrected chi connectivity index (χ1v) is 8.32. The second kappa shape index (κ2) is 9.24. The summed E-state index contributed by atoms with van der Waals surface area (Å²) in [4.78, 5) is 19.2. The standard InChI is InChI=1S/C15H11N3O2.C6H4F2/c19-15-18-14(10-20-15)13-6-12(8-17-9-13)4-3-11-2-1-5-16-7-11;7-5-3-1-2-4-6(5)8/h1-2,5-9,14H,10H2,(H,18,19);1-4H/t14-;/m0./s1. The van der Waals surface area contributed by atoms with E-state index >= 15 is 0 Å². The largest absolute Gasteiger partial charge is 0.447 e. The van der Waals surface area contributed by atoms with Gasteiger partial charge in [0, 0.05) is 35.9 Å². The van der Waals surface area contributed by atoms with Crippen LogP contribution in [0.1, 0.15) is 22.7 Å². The number of nitrogens with one attached hydrogen (secondary N) is 1. The van der Waals surface area contributed by atoms with E-state index < -0.39 is 17.7 Å². The van der Waals surface area contributed by atoms with Crippen molar-refractivity contribution in [2.24, 2.45) is 0 Å². The number of benzene rings is 1. The first-order chi connectivity index (χ1) is 13.6. The summed E-state index contributed by atoms with van der Waals surface area (Å²) in [6.07, 6.45) is 6.40. The maximum absolute atomic E-state index is 11.9. The molecule has 3 aromatic rings. The van der Waals surface area contributed by atoms with Crippen LogP contribution in [0.25, 0.3) is 0 Å². The zero-order valence-electron chi connectivity index (χ0n) is 14.6. The van der Waals surface area contributed by atoms with Gasteiger partial charge in [0.25, 0.3) is 0 Å². The topological polar surface area (TPSA) is 64.1 Å². The van der Waals surface area contributed by atoms with E-state index in [9.17, 15) is 13.6 Å². The summed E-state index contributed by atoms with van der Waals surface area (Å²) in [5, 5.41) is 2.71. The van der Waals surface area contributed by atoms with Crippen molar-refractivity contribution >= 4 is 6.09 Å². The molecule has 1 aliphatic rings. The smallest absolute Gasteiger partial charge is 0.407 e. The Balaban J connectivity index is 0.000000236. The summed E-state index contributed by atoms with van der Waals surface area (Å²) in [6, 6.07) is 10.5. The third-order valence-electron chi connectivity index (χ3n) is 3.67. The van der Waals surface area contributed by atoms with Crippen LogP contribution < -0.4 is 5.32 Å². The van der Waals surface area contributed by atoms with Gasteiger partial charge < -0.3 is 10.1 Å². The Kier molecular flexibility index (Phi) is 6.26. The molecule has 0 bridgehead atoms. The number of rotatable bonds is 1. The molecule has 5 nitrogen and oxygen atoms in total. The number of ether oxygens (including phenoxy) is 1. The number of nitrogens with zero attached hydrogens (tertiary/aromatic N) is 2. The highest BCUT2D eigenvalue weighted by molar-refractivity contribution is 5.70. The van der Waals surface area contributed by atoms with Crippen LogP contribution in [0.2, 0.25) is 0 Å². The summed E-state index contributed by atoms with van der Waals surface area (Å²) < 4.78 is 28.8. The highest BCUT2D eigenvalue weighted by Crippen LogP contribution is 2.17. The van der Waals surface area contributed by atoms with E-state index in [2.05, 4.69) is 27.1 Å². The Morgan fingerprint density at radius 1 is 0.964 bits per heavy atom. The SMILES string of the molecule is Fc1ccccc1F.O=C1N[C@H](c2cncc(C#Cc3cccnc3)c2)CO1. The highest BCUT2D eigenvalue weighted by atomic mass is 19.2. The monoisotopic (exact) mass is 379 g/mol. The Morgan fingerprint density at radius 3 is 2.29 bits per heavy atom. The van der Waals surface area contributed by atoms with Gasteiger partial charge >= 0.3 is 6.09 Å². The van der Waals surface area contributed by atoms with E-state index in [0.29, 0.717) is 6.61 Å². The molecule has 1 atom stereocenters. The second-order valence-electron chi connectivity index (χ2n) is 5.71. The maximum atomic E-state index is 11.9. The van der Waals surface area contributed by atoms with Gasteiger partial charge in [-0.1, -0.05) is 24.0 Å². The van der Waals surface area contributed by atoms with Crippen LogP contribution in [0.5, 0.6) is 0 Å². The fraction of sp³-hybridized carbons (Fsp3) is 0.0952.